The minimum atomic E-state index is -0.884. The van der Waals surface area contributed by atoms with Crippen molar-refractivity contribution in [3.63, 3.8) is 0 Å². The molecule has 5 rings (SSSR count). The van der Waals surface area contributed by atoms with Crippen LogP contribution in [0.2, 0.25) is 0 Å². The maximum Gasteiger partial charge on any atom is 0.249 e. The molecule has 208 valence electrons. The van der Waals surface area contributed by atoms with E-state index in [0.717, 1.165) is 11.3 Å². The number of ether oxygens (including phenoxy) is 2. The average Bonchev–Trinajstić information content (AvgIpc) is 3.46. The van der Waals surface area contributed by atoms with Crippen molar-refractivity contribution in [3.8, 4) is 11.5 Å². The first-order valence-electron chi connectivity index (χ1n) is 13.3. The topological polar surface area (TPSA) is 142 Å². The van der Waals surface area contributed by atoms with E-state index in [2.05, 4.69) is 20.6 Å². The van der Waals surface area contributed by atoms with E-state index in [9.17, 15) is 19.8 Å². The third-order valence-corrected chi connectivity index (χ3v) is 7.01. The van der Waals surface area contributed by atoms with Crippen molar-refractivity contribution < 1.29 is 29.3 Å². The van der Waals surface area contributed by atoms with Gasteiger partial charge in [0.25, 0.3) is 0 Å². The molecule has 1 fully saturated rings. The number of aliphatic imine (C=N–C) groups is 2. The first kappa shape index (κ1) is 27.4. The largest absolute Gasteiger partial charge is 0.457 e. The van der Waals surface area contributed by atoms with Crippen LogP contribution in [0.4, 0.5) is 0 Å². The lowest BCUT2D eigenvalue weighted by Gasteiger charge is -2.32. The smallest absolute Gasteiger partial charge is 0.249 e. The second-order valence-corrected chi connectivity index (χ2v) is 9.89. The Morgan fingerprint density at radius 2 is 1.85 bits per heavy atom. The molecule has 3 aliphatic heterocycles. The maximum absolute atomic E-state index is 13.6. The van der Waals surface area contributed by atoms with Crippen LogP contribution in [0, 0.1) is 0 Å². The fraction of sp³-hybridized carbons (Fsp3) is 0.333. The lowest BCUT2D eigenvalue weighted by Crippen LogP contribution is -2.52. The summed E-state index contributed by atoms with van der Waals surface area (Å²) in [5, 5.41) is 25.1. The van der Waals surface area contributed by atoms with Crippen molar-refractivity contribution in [1.82, 2.24) is 10.6 Å². The van der Waals surface area contributed by atoms with Crippen LogP contribution in [0.15, 0.2) is 88.1 Å². The quantitative estimate of drug-likeness (QED) is 0.337. The van der Waals surface area contributed by atoms with Crippen molar-refractivity contribution in [3.05, 3.63) is 83.7 Å². The number of ketones is 1. The lowest BCUT2D eigenvalue weighted by atomic mass is 9.95. The SMILES string of the molecule is C[C@@H](O)[C@@H](CO)NC(=O)[C@@H]1CC[C@@H](NC2=C3C=CN=C3CN=C2C(=O)c2ccc(Oc3ccccc3)cc2)CO1. The van der Waals surface area contributed by atoms with Crippen LogP contribution in [-0.4, -0.2) is 77.4 Å². The molecule has 3 aliphatic rings. The maximum atomic E-state index is 13.6. The van der Waals surface area contributed by atoms with Crippen LogP contribution in [0.3, 0.4) is 0 Å². The summed E-state index contributed by atoms with van der Waals surface area (Å²) in [6, 6.07) is 15.5. The van der Waals surface area contributed by atoms with Gasteiger partial charge in [0.2, 0.25) is 11.7 Å². The average molecular weight is 545 g/mol. The third kappa shape index (κ3) is 6.20. The van der Waals surface area contributed by atoms with Crippen LogP contribution in [0.25, 0.3) is 0 Å². The Labute approximate surface area is 232 Å². The van der Waals surface area contributed by atoms with Gasteiger partial charge >= 0.3 is 0 Å². The predicted molar refractivity (Wildman–Crippen MR) is 150 cm³/mol. The molecule has 2 aromatic rings. The Morgan fingerprint density at radius 3 is 2.52 bits per heavy atom. The van der Waals surface area contributed by atoms with Gasteiger partial charge in [-0.05, 0) is 62.2 Å². The number of dihydropyridines is 1. The number of hydrogen-bond donors (Lipinski definition) is 4. The van der Waals surface area contributed by atoms with Gasteiger partial charge in [-0.15, -0.1) is 0 Å². The summed E-state index contributed by atoms with van der Waals surface area (Å²) in [5.74, 6) is 0.737. The molecule has 0 saturated carbocycles. The summed E-state index contributed by atoms with van der Waals surface area (Å²) >= 11 is 0. The zero-order valence-electron chi connectivity index (χ0n) is 22.1. The molecule has 4 N–H and O–H groups in total. The summed E-state index contributed by atoms with van der Waals surface area (Å²) in [7, 11) is 0. The number of nitrogens with one attached hydrogen (secondary N) is 2. The van der Waals surface area contributed by atoms with Crippen LogP contribution >= 0.6 is 0 Å². The van der Waals surface area contributed by atoms with Gasteiger partial charge in [0, 0.05) is 23.4 Å². The number of allylic oxidation sites excluding steroid dienone is 2. The fourth-order valence-corrected chi connectivity index (χ4v) is 4.72. The second-order valence-electron chi connectivity index (χ2n) is 9.89. The van der Waals surface area contributed by atoms with E-state index in [4.69, 9.17) is 9.47 Å². The number of carbonyl (C=O) groups is 2. The normalized spacial score (nSPS) is 21.6. The molecule has 1 amide bonds. The van der Waals surface area contributed by atoms with Crippen molar-refractivity contribution in [1.29, 1.82) is 0 Å². The number of rotatable bonds is 10. The monoisotopic (exact) mass is 544 g/mol. The van der Waals surface area contributed by atoms with E-state index >= 15 is 0 Å². The standard InChI is InChI=1S/C30H32N4O6/c1-18(36)25(16-35)34-30(38)26-12-9-20(17-39-26)33-27-23-13-14-31-24(23)15-32-28(27)29(37)19-7-10-22(11-8-19)40-21-5-3-2-4-6-21/h2-8,10-11,13-14,18,20,25-26,33,35-36H,9,12,15-17H2,1H3,(H,34,38)/t18-,20-,25-,26+/m1/s1. The number of Topliss-reactive ketones (excluding diaryl/α,β-unsaturated/α-hetero) is 1. The highest BCUT2D eigenvalue weighted by atomic mass is 16.5. The van der Waals surface area contributed by atoms with Crippen molar-refractivity contribution in [2.24, 2.45) is 9.98 Å². The molecule has 1 saturated heterocycles. The molecular weight excluding hydrogens is 512 g/mol. The molecule has 10 nitrogen and oxygen atoms in total. The molecule has 2 aromatic carbocycles. The van der Waals surface area contributed by atoms with Gasteiger partial charge in [-0.1, -0.05) is 18.2 Å². The van der Waals surface area contributed by atoms with Crippen LogP contribution in [-0.2, 0) is 9.53 Å². The Morgan fingerprint density at radius 1 is 1.10 bits per heavy atom. The van der Waals surface area contributed by atoms with Crippen molar-refractivity contribution in [2.45, 2.75) is 44.1 Å². The summed E-state index contributed by atoms with van der Waals surface area (Å²) in [4.78, 5) is 35.1. The van der Waals surface area contributed by atoms with E-state index in [1.165, 1.54) is 6.92 Å². The van der Waals surface area contributed by atoms with Gasteiger partial charge in [-0.2, -0.15) is 0 Å². The predicted octanol–water partition coefficient (Wildman–Crippen LogP) is 2.33. The Hall–Kier alpha value is -4.12. The van der Waals surface area contributed by atoms with E-state index < -0.39 is 18.2 Å². The summed E-state index contributed by atoms with van der Waals surface area (Å²) < 4.78 is 11.7. The van der Waals surface area contributed by atoms with Crippen molar-refractivity contribution in [2.75, 3.05) is 19.8 Å². The number of hydrogen-bond acceptors (Lipinski definition) is 9. The molecular formula is C30H32N4O6. The number of para-hydroxylation sites is 1. The molecule has 3 heterocycles. The number of aliphatic hydroxyl groups excluding tert-OH is 2. The van der Waals surface area contributed by atoms with E-state index in [0.29, 0.717) is 47.9 Å². The molecule has 10 heteroatoms. The zero-order chi connectivity index (χ0) is 28.1. The molecule has 40 heavy (non-hydrogen) atoms. The van der Waals surface area contributed by atoms with Gasteiger partial charge in [0.05, 0.1) is 43.3 Å². The molecule has 0 aromatic heterocycles. The highest BCUT2D eigenvalue weighted by Crippen LogP contribution is 2.25. The summed E-state index contributed by atoms with van der Waals surface area (Å²) in [6.45, 7) is 1.68. The minimum Gasteiger partial charge on any atom is -0.457 e. The number of nitrogens with zero attached hydrogens (tertiary/aromatic N) is 2. The van der Waals surface area contributed by atoms with Gasteiger partial charge < -0.3 is 30.3 Å². The van der Waals surface area contributed by atoms with Crippen LogP contribution < -0.4 is 15.4 Å². The molecule has 0 unspecified atom stereocenters. The second kappa shape index (κ2) is 12.4. The van der Waals surface area contributed by atoms with Crippen LogP contribution in [0.1, 0.15) is 30.1 Å². The Balaban J connectivity index is 1.25. The number of fused-ring (bicyclic) bond motifs is 1. The van der Waals surface area contributed by atoms with Gasteiger partial charge in [0.1, 0.15) is 23.3 Å². The third-order valence-electron chi connectivity index (χ3n) is 7.01. The molecule has 0 bridgehead atoms. The lowest BCUT2D eigenvalue weighted by molar-refractivity contribution is -0.138. The first-order chi connectivity index (χ1) is 19.4. The number of aliphatic hydroxyl groups is 2. The van der Waals surface area contributed by atoms with E-state index in [1.807, 2.05) is 36.4 Å². The highest BCUT2D eigenvalue weighted by molar-refractivity contribution is 6.53. The number of carbonyl (C=O) groups excluding carboxylic acids is 2. The molecule has 4 atom stereocenters. The molecule has 0 radical (unpaired) electrons. The summed E-state index contributed by atoms with van der Waals surface area (Å²) in [6.07, 6.45) is 3.03. The van der Waals surface area contributed by atoms with Crippen molar-refractivity contribution >= 4 is 23.1 Å². The first-order valence-corrected chi connectivity index (χ1v) is 13.3. The highest BCUT2D eigenvalue weighted by Gasteiger charge is 2.33. The van der Waals surface area contributed by atoms with E-state index in [1.54, 1.807) is 30.5 Å². The Kier molecular flexibility index (Phi) is 8.49. The molecule has 0 spiro atoms. The van der Waals surface area contributed by atoms with E-state index in [-0.39, 0.29) is 30.9 Å². The molecule has 0 aliphatic carbocycles. The zero-order valence-corrected chi connectivity index (χ0v) is 22.1. The number of amides is 1. The van der Waals surface area contributed by atoms with Gasteiger partial charge in [-0.3, -0.25) is 19.6 Å². The minimum absolute atomic E-state index is 0.162. The Bertz CT molecular complexity index is 1360. The fourth-order valence-electron chi connectivity index (χ4n) is 4.72. The van der Waals surface area contributed by atoms with Gasteiger partial charge in [0.15, 0.2) is 0 Å². The van der Waals surface area contributed by atoms with Crippen LogP contribution in [0.5, 0.6) is 11.5 Å². The number of benzene rings is 2. The van der Waals surface area contributed by atoms with Gasteiger partial charge in [-0.25, -0.2) is 0 Å². The summed E-state index contributed by atoms with van der Waals surface area (Å²) in [5.41, 5.74) is 3.01.